The van der Waals surface area contributed by atoms with Gasteiger partial charge >= 0.3 is 0 Å². The standard InChI is InChI=1S/C19H34N4/c1-4-23-14-17(11-20-23)13-22-10-7-19(15-22)18-5-8-21(9-6-18)12-16(2)3/h11,14,16,18-19H,4-10,12-13,15H2,1-3H3. The fourth-order valence-electron chi connectivity index (χ4n) is 4.43. The van der Waals surface area contributed by atoms with Crippen LogP contribution in [0.1, 0.15) is 45.6 Å². The van der Waals surface area contributed by atoms with Gasteiger partial charge in [0.15, 0.2) is 0 Å². The van der Waals surface area contributed by atoms with Crippen LogP contribution in [0, 0.1) is 17.8 Å². The molecule has 0 aromatic carbocycles. The Kier molecular flexibility index (Phi) is 5.76. The topological polar surface area (TPSA) is 24.3 Å². The van der Waals surface area contributed by atoms with Gasteiger partial charge in [0.05, 0.1) is 6.20 Å². The summed E-state index contributed by atoms with van der Waals surface area (Å²) in [5, 5.41) is 4.40. The van der Waals surface area contributed by atoms with Crippen LogP contribution in [0.5, 0.6) is 0 Å². The van der Waals surface area contributed by atoms with Gasteiger partial charge in [-0.2, -0.15) is 5.10 Å². The predicted octanol–water partition coefficient (Wildman–Crippen LogP) is 3.09. The molecule has 2 aliphatic heterocycles. The summed E-state index contributed by atoms with van der Waals surface area (Å²) in [4.78, 5) is 5.31. The molecule has 0 spiro atoms. The SMILES string of the molecule is CCn1cc(CN2CCC(C3CCN(CC(C)C)CC3)C2)cn1. The van der Waals surface area contributed by atoms with Crippen molar-refractivity contribution in [2.24, 2.45) is 17.8 Å². The molecular weight excluding hydrogens is 284 g/mol. The van der Waals surface area contributed by atoms with Crippen LogP contribution >= 0.6 is 0 Å². The lowest BCUT2D eigenvalue weighted by Gasteiger charge is -2.35. The molecule has 4 nitrogen and oxygen atoms in total. The minimum atomic E-state index is 0.803. The first-order valence-electron chi connectivity index (χ1n) is 9.60. The third kappa shape index (κ3) is 4.57. The van der Waals surface area contributed by atoms with Gasteiger partial charge in [0.2, 0.25) is 0 Å². The van der Waals surface area contributed by atoms with Crippen molar-refractivity contribution in [1.29, 1.82) is 0 Å². The number of nitrogens with zero attached hydrogens (tertiary/aromatic N) is 4. The molecule has 0 radical (unpaired) electrons. The van der Waals surface area contributed by atoms with E-state index in [1.165, 1.54) is 57.5 Å². The lowest BCUT2D eigenvalue weighted by Crippen LogP contribution is -2.38. The zero-order valence-corrected chi connectivity index (χ0v) is 15.2. The van der Waals surface area contributed by atoms with E-state index < -0.39 is 0 Å². The van der Waals surface area contributed by atoms with Crippen LogP contribution < -0.4 is 0 Å². The smallest absolute Gasteiger partial charge is 0.0534 e. The van der Waals surface area contributed by atoms with E-state index in [0.29, 0.717) is 0 Å². The van der Waals surface area contributed by atoms with Crippen LogP contribution in [0.25, 0.3) is 0 Å². The van der Waals surface area contributed by atoms with Crippen LogP contribution in [0.2, 0.25) is 0 Å². The molecule has 3 rings (SSSR count). The molecule has 23 heavy (non-hydrogen) atoms. The molecule has 1 aromatic heterocycles. The summed E-state index contributed by atoms with van der Waals surface area (Å²) in [7, 11) is 0. The summed E-state index contributed by atoms with van der Waals surface area (Å²) in [5.41, 5.74) is 1.37. The monoisotopic (exact) mass is 318 g/mol. The molecule has 4 heteroatoms. The van der Waals surface area contributed by atoms with E-state index in [2.05, 4.69) is 41.9 Å². The molecule has 2 aliphatic rings. The second kappa shape index (κ2) is 7.80. The van der Waals surface area contributed by atoms with Crippen molar-refractivity contribution in [2.75, 3.05) is 32.7 Å². The Labute approximate surface area is 141 Å². The maximum Gasteiger partial charge on any atom is 0.0534 e. The predicted molar refractivity (Wildman–Crippen MR) is 95.3 cm³/mol. The summed E-state index contributed by atoms with van der Waals surface area (Å²) < 4.78 is 2.04. The van der Waals surface area contributed by atoms with Crippen molar-refractivity contribution in [3.8, 4) is 0 Å². The van der Waals surface area contributed by atoms with Crippen molar-refractivity contribution in [1.82, 2.24) is 19.6 Å². The number of hydrogen-bond acceptors (Lipinski definition) is 3. The van der Waals surface area contributed by atoms with Crippen LogP contribution in [-0.4, -0.2) is 52.3 Å². The Morgan fingerprint density at radius 1 is 1.09 bits per heavy atom. The van der Waals surface area contributed by atoms with E-state index in [0.717, 1.165) is 30.8 Å². The largest absolute Gasteiger partial charge is 0.303 e. The molecule has 130 valence electrons. The Hall–Kier alpha value is -0.870. The normalized spacial score (nSPS) is 24.8. The highest BCUT2D eigenvalue weighted by molar-refractivity contribution is 5.04. The Bertz CT molecular complexity index is 473. The van der Waals surface area contributed by atoms with E-state index >= 15 is 0 Å². The van der Waals surface area contributed by atoms with Gasteiger partial charge in [-0.3, -0.25) is 9.58 Å². The summed E-state index contributed by atoms with van der Waals surface area (Å²) in [6.07, 6.45) is 8.48. The molecule has 2 saturated heterocycles. The highest BCUT2D eigenvalue weighted by Gasteiger charge is 2.31. The van der Waals surface area contributed by atoms with Gasteiger partial charge in [0, 0.05) is 37.9 Å². The van der Waals surface area contributed by atoms with E-state index in [4.69, 9.17) is 0 Å². The average Bonchev–Trinajstić information content (AvgIpc) is 3.17. The number of hydrogen-bond donors (Lipinski definition) is 0. The van der Waals surface area contributed by atoms with Gasteiger partial charge in [0.25, 0.3) is 0 Å². The van der Waals surface area contributed by atoms with Gasteiger partial charge in [-0.25, -0.2) is 0 Å². The van der Waals surface area contributed by atoms with E-state index in [1.54, 1.807) is 0 Å². The van der Waals surface area contributed by atoms with E-state index in [9.17, 15) is 0 Å². The number of rotatable bonds is 6. The Balaban J connectivity index is 1.43. The first-order chi connectivity index (χ1) is 11.1. The molecular formula is C19H34N4. The van der Waals surface area contributed by atoms with Crippen LogP contribution in [0.3, 0.4) is 0 Å². The molecule has 0 N–H and O–H groups in total. The summed E-state index contributed by atoms with van der Waals surface area (Å²) in [6, 6.07) is 0. The van der Waals surface area contributed by atoms with Gasteiger partial charge in [0.1, 0.15) is 0 Å². The number of aromatic nitrogens is 2. The van der Waals surface area contributed by atoms with E-state index in [1.807, 2.05) is 10.9 Å². The molecule has 1 aromatic rings. The molecule has 0 saturated carbocycles. The summed E-state index contributed by atoms with van der Waals surface area (Å²) in [5.74, 6) is 2.69. The molecule has 0 aliphatic carbocycles. The van der Waals surface area contributed by atoms with Crippen molar-refractivity contribution >= 4 is 0 Å². The molecule has 3 heterocycles. The van der Waals surface area contributed by atoms with Crippen molar-refractivity contribution < 1.29 is 0 Å². The van der Waals surface area contributed by atoms with Crippen LogP contribution in [0.15, 0.2) is 12.4 Å². The average molecular weight is 319 g/mol. The minimum Gasteiger partial charge on any atom is -0.303 e. The maximum absolute atomic E-state index is 4.40. The number of likely N-dealkylation sites (tertiary alicyclic amines) is 2. The second-order valence-corrected chi connectivity index (χ2v) is 8.02. The minimum absolute atomic E-state index is 0.803. The lowest BCUT2D eigenvalue weighted by molar-refractivity contribution is 0.135. The second-order valence-electron chi connectivity index (χ2n) is 8.02. The fourth-order valence-corrected chi connectivity index (χ4v) is 4.43. The highest BCUT2D eigenvalue weighted by atomic mass is 15.3. The first kappa shape index (κ1) is 17.0. The molecule has 2 fully saturated rings. The Morgan fingerprint density at radius 2 is 1.78 bits per heavy atom. The molecule has 0 amide bonds. The van der Waals surface area contributed by atoms with Crippen LogP contribution in [0.4, 0.5) is 0 Å². The van der Waals surface area contributed by atoms with E-state index in [-0.39, 0.29) is 0 Å². The van der Waals surface area contributed by atoms with Crippen molar-refractivity contribution in [2.45, 2.75) is 53.1 Å². The van der Waals surface area contributed by atoms with Gasteiger partial charge < -0.3 is 4.90 Å². The maximum atomic E-state index is 4.40. The quantitative estimate of drug-likeness (QED) is 0.805. The third-order valence-electron chi connectivity index (χ3n) is 5.65. The van der Waals surface area contributed by atoms with Gasteiger partial charge in [-0.1, -0.05) is 13.8 Å². The highest BCUT2D eigenvalue weighted by Crippen LogP contribution is 2.32. The van der Waals surface area contributed by atoms with Crippen molar-refractivity contribution in [3.05, 3.63) is 18.0 Å². The third-order valence-corrected chi connectivity index (χ3v) is 5.65. The summed E-state index contributed by atoms with van der Waals surface area (Å²) in [6.45, 7) is 15.4. The number of piperidine rings is 1. The zero-order valence-electron chi connectivity index (χ0n) is 15.2. The fraction of sp³-hybridized carbons (Fsp3) is 0.842. The Morgan fingerprint density at radius 3 is 2.43 bits per heavy atom. The number of aryl methyl sites for hydroxylation is 1. The van der Waals surface area contributed by atoms with Crippen molar-refractivity contribution in [3.63, 3.8) is 0 Å². The van der Waals surface area contributed by atoms with Gasteiger partial charge in [-0.05, 0) is 63.6 Å². The molecule has 1 unspecified atom stereocenters. The van der Waals surface area contributed by atoms with Crippen LogP contribution in [-0.2, 0) is 13.1 Å². The zero-order chi connectivity index (χ0) is 16.2. The lowest BCUT2D eigenvalue weighted by atomic mass is 9.83. The molecule has 0 bridgehead atoms. The summed E-state index contributed by atoms with van der Waals surface area (Å²) >= 11 is 0. The molecule has 1 atom stereocenters. The first-order valence-corrected chi connectivity index (χ1v) is 9.60. The van der Waals surface area contributed by atoms with Gasteiger partial charge in [-0.15, -0.1) is 0 Å².